The Kier molecular flexibility index (Phi) is 6.50. The van der Waals surface area contributed by atoms with Crippen LogP contribution in [0.1, 0.15) is 24.8 Å². The SMILES string of the molecule is O=C(NCc1ccc(Cl)cc1)ON=CCN1CCCCC1. The number of carbonyl (C=O) groups excluding carboxylic acids is 1. The fourth-order valence-electron chi connectivity index (χ4n) is 2.18. The lowest BCUT2D eigenvalue weighted by Crippen LogP contribution is -2.31. The van der Waals surface area contributed by atoms with E-state index >= 15 is 0 Å². The molecule has 2 rings (SSSR count). The zero-order valence-electron chi connectivity index (χ0n) is 11.9. The molecule has 21 heavy (non-hydrogen) atoms. The first-order valence-electron chi connectivity index (χ1n) is 7.17. The van der Waals surface area contributed by atoms with Crippen molar-refractivity contribution < 1.29 is 9.63 Å². The normalized spacial score (nSPS) is 16.0. The fourth-order valence-corrected chi connectivity index (χ4v) is 2.31. The summed E-state index contributed by atoms with van der Waals surface area (Å²) in [6, 6.07) is 7.26. The molecule has 1 aliphatic rings. The molecular formula is C15H20ClN3O2. The molecule has 1 fully saturated rings. The average molecular weight is 310 g/mol. The van der Waals surface area contributed by atoms with Gasteiger partial charge in [0.15, 0.2) is 0 Å². The summed E-state index contributed by atoms with van der Waals surface area (Å²) in [7, 11) is 0. The fraction of sp³-hybridized carbons (Fsp3) is 0.467. The Bertz CT molecular complexity index is 470. The topological polar surface area (TPSA) is 53.9 Å². The molecule has 1 heterocycles. The molecule has 1 aromatic rings. The number of nitrogens with zero attached hydrogens (tertiary/aromatic N) is 2. The molecule has 0 radical (unpaired) electrons. The zero-order valence-corrected chi connectivity index (χ0v) is 12.7. The molecule has 1 amide bonds. The second-order valence-corrected chi connectivity index (χ2v) is 5.44. The Morgan fingerprint density at radius 3 is 2.71 bits per heavy atom. The quantitative estimate of drug-likeness (QED) is 0.517. The van der Waals surface area contributed by atoms with Crippen LogP contribution in [0.15, 0.2) is 29.4 Å². The largest absolute Gasteiger partial charge is 0.433 e. The monoisotopic (exact) mass is 309 g/mol. The van der Waals surface area contributed by atoms with Gasteiger partial charge in [0.2, 0.25) is 0 Å². The van der Waals surface area contributed by atoms with Crippen LogP contribution in [-0.2, 0) is 11.4 Å². The number of nitrogens with one attached hydrogen (secondary N) is 1. The van der Waals surface area contributed by atoms with Gasteiger partial charge in [0, 0.05) is 18.1 Å². The maximum absolute atomic E-state index is 11.4. The molecule has 1 aromatic carbocycles. The second kappa shape index (κ2) is 8.64. The van der Waals surface area contributed by atoms with E-state index in [2.05, 4.69) is 15.4 Å². The number of oxime groups is 1. The molecular weight excluding hydrogens is 290 g/mol. The number of halogens is 1. The smallest absolute Gasteiger partial charge is 0.316 e. The standard InChI is InChI=1S/C15H20ClN3O2/c16-14-6-4-13(5-7-14)12-17-15(20)21-18-8-11-19-9-2-1-3-10-19/h4-8H,1-3,9-12H2,(H,17,20). The number of hydrogen-bond acceptors (Lipinski definition) is 4. The van der Waals surface area contributed by atoms with Crippen LogP contribution in [-0.4, -0.2) is 36.8 Å². The summed E-state index contributed by atoms with van der Waals surface area (Å²) in [6.45, 7) is 3.30. The molecule has 0 saturated carbocycles. The number of carbonyl (C=O) groups is 1. The van der Waals surface area contributed by atoms with Crippen molar-refractivity contribution in [1.82, 2.24) is 10.2 Å². The number of amides is 1. The van der Waals surface area contributed by atoms with Crippen LogP contribution in [0, 0.1) is 0 Å². The summed E-state index contributed by atoms with van der Waals surface area (Å²) in [5.41, 5.74) is 0.952. The third-order valence-corrected chi connectivity index (χ3v) is 3.60. The van der Waals surface area contributed by atoms with Crippen molar-refractivity contribution in [3.8, 4) is 0 Å². The Labute approximate surface area is 129 Å². The van der Waals surface area contributed by atoms with Crippen LogP contribution in [0.3, 0.4) is 0 Å². The second-order valence-electron chi connectivity index (χ2n) is 5.01. The Balaban J connectivity index is 1.61. The number of benzene rings is 1. The van der Waals surface area contributed by atoms with Crippen LogP contribution in [0.25, 0.3) is 0 Å². The van der Waals surface area contributed by atoms with Gasteiger partial charge in [0.25, 0.3) is 0 Å². The first kappa shape index (κ1) is 15.8. The van der Waals surface area contributed by atoms with Gasteiger partial charge in [-0.05, 0) is 43.6 Å². The molecule has 0 atom stereocenters. The van der Waals surface area contributed by atoms with E-state index < -0.39 is 6.09 Å². The number of piperidine rings is 1. The van der Waals surface area contributed by atoms with Crippen LogP contribution < -0.4 is 5.32 Å². The van der Waals surface area contributed by atoms with Crippen molar-refractivity contribution in [2.45, 2.75) is 25.8 Å². The third kappa shape index (κ3) is 6.14. The van der Waals surface area contributed by atoms with Crippen LogP contribution in [0.2, 0.25) is 5.02 Å². The minimum absolute atomic E-state index is 0.387. The number of likely N-dealkylation sites (tertiary alicyclic amines) is 1. The first-order chi connectivity index (χ1) is 10.2. The van der Waals surface area contributed by atoms with Gasteiger partial charge >= 0.3 is 6.09 Å². The van der Waals surface area contributed by atoms with Gasteiger partial charge in [0.05, 0.1) is 6.21 Å². The predicted octanol–water partition coefficient (Wildman–Crippen LogP) is 3.04. The first-order valence-corrected chi connectivity index (χ1v) is 7.55. The molecule has 0 bridgehead atoms. The predicted molar refractivity (Wildman–Crippen MR) is 83.6 cm³/mol. The van der Waals surface area contributed by atoms with Crippen LogP contribution >= 0.6 is 11.6 Å². The summed E-state index contributed by atoms with van der Waals surface area (Å²) in [5, 5.41) is 6.99. The lowest BCUT2D eigenvalue weighted by molar-refractivity contribution is 0.150. The summed E-state index contributed by atoms with van der Waals surface area (Å²) in [4.78, 5) is 18.5. The molecule has 1 aliphatic heterocycles. The van der Waals surface area contributed by atoms with Crippen LogP contribution in [0.4, 0.5) is 4.79 Å². The summed E-state index contributed by atoms with van der Waals surface area (Å²) >= 11 is 5.79. The zero-order chi connectivity index (χ0) is 14.9. The molecule has 0 unspecified atom stereocenters. The van der Waals surface area contributed by atoms with E-state index in [1.807, 2.05) is 12.1 Å². The summed E-state index contributed by atoms with van der Waals surface area (Å²) < 4.78 is 0. The lowest BCUT2D eigenvalue weighted by Gasteiger charge is -2.24. The van der Waals surface area contributed by atoms with E-state index in [0.717, 1.165) is 25.2 Å². The minimum Gasteiger partial charge on any atom is -0.316 e. The van der Waals surface area contributed by atoms with Gasteiger partial charge in [-0.3, -0.25) is 9.74 Å². The van der Waals surface area contributed by atoms with E-state index in [4.69, 9.17) is 16.4 Å². The summed E-state index contributed by atoms with van der Waals surface area (Å²) in [6.07, 6.45) is 4.84. The van der Waals surface area contributed by atoms with Gasteiger partial charge < -0.3 is 5.32 Å². The highest BCUT2D eigenvalue weighted by molar-refractivity contribution is 6.30. The van der Waals surface area contributed by atoms with Crippen LogP contribution in [0.5, 0.6) is 0 Å². The van der Waals surface area contributed by atoms with Crippen molar-refractivity contribution >= 4 is 23.9 Å². The van der Waals surface area contributed by atoms with Gasteiger partial charge in [-0.25, -0.2) is 4.79 Å². The highest BCUT2D eigenvalue weighted by atomic mass is 35.5. The molecule has 0 aromatic heterocycles. The average Bonchev–Trinajstić information content (AvgIpc) is 2.52. The van der Waals surface area contributed by atoms with Gasteiger partial charge in [0.1, 0.15) is 0 Å². The number of hydrogen-bond donors (Lipinski definition) is 1. The van der Waals surface area contributed by atoms with E-state index in [1.165, 1.54) is 19.3 Å². The Hall–Kier alpha value is -1.59. The maximum Gasteiger partial charge on any atom is 0.433 e. The lowest BCUT2D eigenvalue weighted by atomic mass is 10.1. The Morgan fingerprint density at radius 2 is 2.00 bits per heavy atom. The van der Waals surface area contributed by atoms with Crippen molar-refractivity contribution in [2.24, 2.45) is 5.16 Å². The highest BCUT2D eigenvalue weighted by Gasteiger charge is 2.08. The molecule has 1 saturated heterocycles. The van der Waals surface area contributed by atoms with Gasteiger partial charge in [-0.15, -0.1) is 0 Å². The summed E-state index contributed by atoms with van der Waals surface area (Å²) in [5.74, 6) is 0. The van der Waals surface area contributed by atoms with E-state index in [1.54, 1.807) is 18.3 Å². The highest BCUT2D eigenvalue weighted by Crippen LogP contribution is 2.09. The van der Waals surface area contributed by atoms with Crippen molar-refractivity contribution in [2.75, 3.05) is 19.6 Å². The molecule has 0 spiro atoms. The Morgan fingerprint density at radius 1 is 1.29 bits per heavy atom. The molecule has 0 aliphatic carbocycles. The van der Waals surface area contributed by atoms with Crippen molar-refractivity contribution in [3.05, 3.63) is 34.9 Å². The maximum atomic E-state index is 11.4. The van der Waals surface area contributed by atoms with Gasteiger partial charge in [-0.2, -0.15) is 0 Å². The molecule has 5 nitrogen and oxygen atoms in total. The number of rotatable bonds is 5. The van der Waals surface area contributed by atoms with Crippen molar-refractivity contribution in [1.29, 1.82) is 0 Å². The van der Waals surface area contributed by atoms with E-state index in [0.29, 0.717) is 11.6 Å². The molecule has 6 heteroatoms. The van der Waals surface area contributed by atoms with E-state index in [-0.39, 0.29) is 0 Å². The molecule has 1 N–H and O–H groups in total. The third-order valence-electron chi connectivity index (χ3n) is 3.35. The van der Waals surface area contributed by atoms with Crippen molar-refractivity contribution in [3.63, 3.8) is 0 Å². The van der Waals surface area contributed by atoms with E-state index in [9.17, 15) is 4.79 Å². The minimum atomic E-state index is -0.556. The van der Waals surface area contributed by atoms with Gasteiger partial charge in [-0.1, -0.05) is 35.3 Å². The molecule has 114 valence electrons.